The van der Waals surface area contributed by atoms with E-state index >= 15 is 0 Å². The molecule has 3 aromatic rings. The van der Waals surface area contributed by atoms with Crippen molar-refractivity contribution in [3.8, 4) is 40.2 Å². The van der Waals surface area contributed by atoms with Crippen molar-refractivity contribution >= 4 is 16.5 Å². The van der Waals surface area contributed by atoms with Gasteiger partial charge in [-0.25, -0.2) is 0 Å². The minimum atomic E-state index is -0.511. The fourth-order valence-electron chi connectivity index (χ4n) is 4.23. The highest BCUT2D eigenvalue weighted by Crippen LogP contribution is 2.53. The van der Waals surface area contributed by atoms with Crippen LogP contribution in [0.15, 0.2) is 36.4 Å². The van der Waals surface area contributed by atoms with Crippen molar-refractivity contribution in [2.45, 2.75) is 6.04 Å². The van der Waals surface area contributed by atoms with E-state index in [-0.39, 0.29) is 6.79 Å². The Morgan fingerprint density at radius 1 is 1.04 bits per heavy atom. The maximum atomic E-state index is 10.0. The van der Waals surface area contributed by atoms with Crippen molar-refractivity contribution in [1.82, 2.24) is 0 Å². The molecule has 5 rings (SSSR count). The second-order valence-electron chi connectivity index (χ2n) is 6.79. The summed E-state index contributed by atoms with van der Waals surface area (Å²) in [4.78, 5) is 1.99. The first-order valence-corrected chi connectivity index (χ1v) is 8.92. The van der Waals surface area contributed by atoms with Crippen LogP contribution >= 0.6 is 0 Å². The summed E-state index contributed by atoms with van der Waals surface area (Å²) in [7, 11) is 5.13. The molecule has 1 atom stereocenters. The third-order valence-electron chi connectivity index (χ3n) is 5.49. The minimum absolute atomic E-state index is 0.227. The molecule has 2 heterocycles. The van der Waals surface area contributed by atoms with Crippen molar-refractivity contribution in [1.29, 1.82) is 5.26 Å². The molecule has 0 aliphatic carbocycles. The summed E-state index contributed by atoms with van der Waals surface area (Å²) in [6.45, 7) is 0.227. The molecule has 0 radical (unpaired) electrons. The fraction of sp³-hybridized carbons (Fsp3) is 0.227. The average Bonchev–Trinajstić information content (AvgIpc) is 3.18. The van der Waals surface area contributed by atoms with Crippen LogP contribution in [-0.4, -0.2) is 28.1 Å². The zero-order chi connectivity index (χ0) is 19.4. The molecular weight excluding hydrogens is 356 g/mol. The minimum Gasteiger partial charge on any atom is -0.493 e. The van der Waals surface area contributed by atoms with Crippen molar-refractivity contribution in [2.24, 2.45) is 0 Å². The summed E-state index contributed by atoms with van der Waals surface area (Å²) < 4.78 is 22.2. The van der Waals surface area contributed by atoms with Gasteiger partial charge in [0.25, 0.3) is 0 Å². The van der Waals surface area contributed by atoms with E-state index in [4.69, 9.17) is 18.9 Å². The molecule has 2 aliphatic heterocycles. The number of fused-ring (bicyclic) bond motifs is 6. The Morgan fingerprint density at radius 3 is 2.50 bits per heavy atom. The van der Waals surface area contributed by atoms with E-state index in [1.165, 1.54) is 0 Å². The molecule has 0 saturated heterocycles. The SMILES string of the molecule is COc1ccc2c(c1OC)C(C#N)N(C)c1c-2ccc2cc3c(cc12)OCO3. The van der Waals surface area contributed by atoms with E-state index in [0.717, 1.165) is 44.6 Å². The fourth-order valence-corrected chi connectivity index (χ4v) is 4.23. The second-order valence-corrected chi connectivity index (χ2v) is 6.79. The van der Waals surface area contributed by atoms with E-state index < -0.39 is 6.04 Å². The zero-order valence-electron chi connectivity index (χ0n) is 15.8. The highest BCUT2D eigenvalue weighted by Gasteiger charge is 2.34. The average molecular weight is 374 g/mol. The maximum Gasteiger partial charge on any atom is 0.231 e. The summed E-state index contributed by atoms with van der Waals surface area (Å²) in [5.74, 6) is 2.67. The van der Waals surface area contributed by atoms with Gasteiger partial charge in [-0.05, 0) is 35.2 Å². The van der Waals surface area contributed by atoms with E-state index in [2.05, 4.69) is 18.2 Å². The monoisotopic (exact) mass is 374 g/mol. The summed E-state index contributed by atoms with van der Waals surface area (Å²) >= 11 is 0. The first-order valence-electron chi connectivity index (χ1n) is 8.92. The molecule has 0 spiro atoms. The van der Waals surface area contributed by atoms with Gasteiger partial charge in [0.1, 0.15) is 6.04 Å². The Morgan fingerprint density at radius 2 is 1.79 bits per heavy atom. The largest absolute Gasteiger partial charge is 0.493 e. The van der Waals surface area contributed by atoms with Crippen LogP contribution in [0.1, 0.15) is 11.6 Å². The summed E-state index contributed by atoms with van der Waals surface area (Å²) in [5.41, 5.74) is 3.81. The Balaban J connectivity index is 1.86. The molecule has 140 valence electrons. The van der Waals surface area contributed by atoms with Crippen LogP contribution in [0, 0.1) is 11.3 Å². The Hall–Kier alpha value is -3.59. The molecule has 6 heteroatoms. The lowest BCUT2D eigenvalue weighted by Crippen LogP contribution is -2.28. The van der Waals surface area contributed by atoms with Gasteiger partial charge in [-0.2, -0.15) is 5.26 Å². The van der Waals surface area contributed by atoms with Gasteiger partial charge in [0.15, 0.2) is 23.0 Å². The van der Waals surface area contributed by atoms with Crippen LogP contribution in [0.25, 0.3) is 21.9 Å². The number of hydrogen-bond donors (Lipinski definition) is 0. The lowest BCUT2D eigenvalue weighted by molar-refractivity contribution is 0.174. The molecule has 0 amide bonds. The molecule has 28 heavy (non-hydrogen) atoms. The molecule has 0 aromatic heterocycles. The molecule has 2 aliphatic rings. The number of anilines is 1. The molecular formula is C22H18N2O4. The Labute approximate surface area is 162 Å². The van der Waals surface area contributed by atoms with Crippen LogP contribution < -0.4 is 23.8 Å². The zero-order valence-corrected chi connectivity index (χ0v) is 15.8. The molecule has 0 saturated carbocycles. The van der Waals surface area contributed by atoms with Crippen molar-refractivity contribution in [3.05, 3.63) is 42.0 Å². The third kappa shape index (κ3) is 2.07. The van der Waals surface area contributed by atoms with E-state index in [9.17, 15) is 5.26 Å². The van der Waals surface area contributed by atoms with Gasteiger partial charge in [0.2, 0.25) is 6.79 Å². The smallest absolute Gasteiger partial charge is 0.231 e. The van der Waals surface area contributed by atoms with Crippen LogP contribution in [0.3, 0.4) is 0 Å². The molecule has 0 bridgehead atoms. The summed E-state index contributed by atoms with van der Waals surface area (Å²) in [6, 6.07) is 13.9. The molecule has 1 unspecified atom stereocenters. The van der Waals surface area contributed by atoms with Crippen molar-refractivity contribution in [3.63, 3.8) is 0 Å². The number of rotatable bonds is 2. The predicted molar refractivity (Wildman–Crippen MR) is 105 cm³/mol. The number of benzene rings is 3. The Kier molecular flexibility index (Phi) is 3.53. The van der Waals surface area contributed by atoms with Gasteiger partial charge < -0.3 is 23.8 Å². The highest BCUT2D eigenvalue weighted by molar-refractivity contribution is 6.06. The van der Waals surface area contributed by atoms with E-state index in [1.807, 2.05) is 36.2 Å². The summed E-state index contributed by atoms with van der Waals surface area (Å²) in [6.07, 6.45) is 0. The molecule has 3 aromatic carbocycles. The van der Waals surface area contributed by atoms with Crippen molar-refractivity contribution in [2.75, 3.05) is 33.0 Å². The van der Waals surface area contributed by atoms with E-state index in [0.29, 0.717) is 11.5 Å². The molecule has 0 N–H and O–H groups in total. The predicted octanol–water partition coefficient (Wildman–Crippen LogP) is 4.27. The van der Waals surface area contributed by atoms with Gasteiger partial charge in [0.05, 0.1) is 26.0 Å². The number of nitrogens with zero attached hydrogens (tertiary/aromatic N) is 2. The highest BCUT2D eigenvalue weighted by atomic mass is 16.7. The number of methoxy groups -OCH3 is 2. The van der Waals surface area contributed by atoms with E-state index in [1.54, 1.807) is 14.2 Å². The standard InChI is InChI=1S/C22H18N2O4/c1-24-16(10-23)20-13(6-7-17(25-2)22(20)26-3)14-5-4-12-8-18-19(28-11-27-18)9-15(12)21(14)24/h4-9,16H,11H2,1-3H3. The molecule has 0 fully saturated rings. The lowest BCUT2D eigenvalue weighted by atomic mass is 9.86. The number of hydrogen-bond acceptors (Lipinski definition) is 6. The normalized spacial score (nSPS) is 16.4. The van der Waals surface area contributed by atoms with Crippen molar-refractivity contribution < 1.29 is 18.9 Å². The summed E-state index contributed by atoms with van der Waals surface area (Å²) in [5, 5.41) is 12.1. The lowest BCUT2D eigenvalue weighted by Gasteiger charge is -2.36. The topological polar surface area (TPSA) is 64.0 Å². The number of nitriles is 1. The quantitative estimate of drug-likeness (QED) is 0.668. The Bertz CT molecular complexity index is 1170. The van der Waals surface area contributed by atoms with Gasteiger partial charge in [-0.15, -0.1) is 0 Å². The van der Waals surface area contributed by atoms with Crippen LogP contribution in [-0.2, 0) is 0 Å². The van der Waals surface area contributed by atoms with Gasteiger partial charge in [-0.3, -0.25) is 0 Å². The van der Waals surface area contributed by atoms with Crippen LogP contribution in [0.2, 0.25) is 0 Å². The second kappa shape index (κ2) is 5.96. The number of ether oxygens (including phenoxy) is 4. The van der Waals surface area contributed by atoms with Crippen LogP contribution in [0.5, 0.6) is 23.0 Å². The maximum absolute atomic E-state index is 10.0. The first-order chi connectivity index (χ1) is 13.7. The first kappa shape index (κ1) is 16.6. The van der Waals surface area contributed by atoms with Crippen LogP contribution in [0.4, 0.5) is 5.69 Å². The third-order valence-corrected chi connectivity index (χ3v) is 5.49. The van der Waals surface area contributed by atoms with Gasteiger partial charge >= 0.3 is 0 Å². The molecule has 6 nitrogen and oxygen atoms in total. The van der Waals surface area contributed by atoms with Gasteiger partial charge in [0, 0.05) is 23.6 Å². The van der Waals surface area contributed by atoms with Gasteiger partial charge in [-0.1, -0.05) is 12.1 Å².